The highest BCUT2D eigenvalue weighted by molar-refractivity contribution is 5.69. The lowest BCUT2D eigenvalue weighted by atomic mass is 10.1. The Labute approximate surface area is 120 Å². The molecule has 106 valence electrons. The predicted octanol–water partition coefficient (Wildman–Crippen LogP) is 3.93. The van der Waals surface area contributed by atoms with Crippen LogP contribution in [0.3, 0.4) is 0 Å². The summed E-state index contributed by atoms with van der Waals surface area (Å²) in [7, 11) is 3.78. The molecule has 0 aliphatic carbocycles. The van der Waals surface area contributed by atoms with Crippen LogP contribution in [0.2, 0.25) is 0 Å². The maximum atomic E-state index is 14.3. The Kier molecular flexibility index (Phi) is 4.40. The molecule has 0 radical (unpaired) electrons. The van der Waals surface area contributed by atoms with Gasteiger partial charge in [0.2, 0.25) is 0 Å². The number of nitrogens with zero attached hydrogens (tertiary/aromatic N) is 1. The van der Waals surface area contributed by atoms with Gasteiger partial charge < -0.3 is 10.2 Å². The second kappa shape index (κ2) is 6.06. The van der Waals surface area contributed by atoms with Gasteiger partial charge in [0, 0.05) is 19.3 Å². The van der Waals surface area contributed by atoms with Crippen LogP contribution in [0.25, 0.3) is 0 Å². The smallest absolute Gasteiger partial charge is 0.147 e. The lowest BCUT2D eigenvalue weighted by Gasteiger charge is -2.25. The maximum absolute atomic E-state index is 14.3. The van der Waals surface area contributed by atoms with E-state index < -0.39 is 0 Å². The molecule has 3 heteroatoms. The van der Waals surface area contributed by atoms with Gasteiger partial charge >= 0.3 is 0 Å². The van der Waals surface area contributed by atoms with Crippen LogP contribution in [0.4, 0.5) is 15.8 Å². The minimum Gasteiger partial charge on any atom is -0.342 e. The number of para-hydroxylation sites is 1. The van der Waals surface area contributed by atoms with Crippen LogP contribution >= 0.6 is 0 Å². The first kappa shape index (κ1) is 14.5. The highest BCUT2D eigenvalue weighted by Gasteiger charge is 2.15. The highest BCUT2D eigenvalue weighted by Crippen LogP contribution is 2.32. The minimum atomic E-state index is -0.194. The molecule has 0 saturated heterocycles. The van der Waals surface area contributed by atoms with E-state index >= 15 is 0 Å². The summed E-state index contributed by atoms with van der Waals surface area (Å²) in [6.45, 7) is 4.76. The van der Waals surface area contributed by atoms with Gasteiger partial charge in [-0.3, -0.25) is 0 Å². The Balaban J connectivity index is 2.49. The third-order valence-electron chi connectivity index (χ3n) is 3.49. The number of aryl methyl sites for hydroxylation is 2. The summed E-state index contributed by atoms with van der Waals surface area (Å²) in [6.07, 6.45) is 0. The Morgan fingerprint density at radius 3 is 2.55 bits per heavy atom. The topological polar surface area (TPSA) is 15.3 Å². The van der Waals surface area contributed by atoms with Crippen LogP contribution in [0, 0.1) is 19.7 Å². The fourth-order valence-corrected chi connectivity index (χ4v) is 2.57. The normalized spacial score (nSPS) is 10.7. The molecule has 0 spiro atoms. The molecule has 0 unspecified atom stereocenters. The van der Waals surface area contributed by atoms with Gasteiger partial charge in [-0.15, -0.1) is 0 Å². The Hall–Kier alpha value is -1.87. The van der Waals surface area contributed by atoms with Gasteiger partial charge in [-0.1, -0.05) is 29.8 Å². The minimum absolute atomic E-state index is 0.194. The third-order valence-corrected chi connectivity index (χ3v) is 3.49. The van der Waals surface area contributed by atoms with Gasteiger partial charge in [-0.2, -0.15) is 0 Å². The van der Waals surface area contributed by atoms with E-state index in [4.69, 9.17) is 0 Å². The molecule has 0 aromatic heterocycles. The number of hydrogen-bond acceptors (Lipinski definition) is 2. The molecule has 20 heavy (non-hydrogen) atoms. The van der Waals surface area contributed by atoms with Crippen molar-refractivity contribution < 1.29 is 4.39 Å². The van der Waals surface area contributed by atoms with E-state index in [9.17, 15) is 4.39 Å². The molecular formula is C17H21FN2. The van der Waals surface area contributed by atoms with Crippen LogP contribution in [0.5, 0.6) is 0 Å². The summed E-state index contributed by atoms with van der Waals surface area (Å²) in [6, 6.07) is 11.4. The molecule has 2 aromatic carbocycles. The summed E-state index contributed by atoms with van der Waals surface area (Å²) < 4.78 is 14.3. The molecule has 0 atom stereocenters. The molecule has 1 N–H and O–H groups in total. The Morgan fingerprint density at radius 1 is 1.15 bits per heavy atom. The maximum Gasteiger partial charge on any atom is 0.147 e. The second-order valence-corrected chi connectivity index (χ2v) is 5.13. The van der Waals surface area contributed by atoms with Crippen LogP contribution < -0.4 is 10.2 Å². The van der Waals surface area contributed by atoms with Crippen LogP contribution in [-0.2, 0) is 6.54 Å². The van der Waals surface area contributed by atoms with E-state index in [2.05, 4.69) is 31.3 Å². The largest absolute Gasteiger partial charge is 0.342 e. The van der Waals surface area contributed by atoms with Crippen molar-refractivity contribution >= 4 is 11.4 Å². The first-order chi connectivity index (χ1) is 9.54. The average molecular weight is 272 g/mol. The van der Waals surface area contributed by atoms with Crippen molar-refractivity contribution in [3.8, 4) is 0 Å². The van der Waals surface area contributed by atoms with Gasteiger partial charge in [0.25, 0.3) is 0 Å². The summed E-state index contributed by atoms with van der Waals surface area (Å²) in [5.74, 6) is -0.194. The van der Waals surface area contributed by atoms with E-state index in [-0.39, 0.29) is 5.82 Å². The Morgan fingerprint density at radius 2 is 1.90 bits per heavy atom. The molecule has 0 saturated carbocycles. The molecule has 2 rings (SSSR count). The monoisotopic (exact) mass is 272 g/mol. The number of benzene rings is 2. The van der Waals surface area contributed by atoms with Crippen LogP contribution in [0.15, 0.2) is 36.4 Å². The Bertz CT molecular complexity index is 608. The summed E-state index contributed by atoms with van der Waals surface area (Å²) in [5, 5.41) is 3.09. The van der Waals surface area contributed by atoms with Crippen molar-refractivity contribution in [2.24, 2.45) is 0 Å². The summed E-state index contributed by atoms with van der Waals surface area (Å²) in [5.41, 5.74) is 4.97. The zero-order valence-corrected chi connectivity index (χ0v) is 12.5. The first-order valence-electron chi connectivity index (χ1n) is 6.77. The average Bonchev–Trinajstić information content (AvgIpc) is 2.38. The number of halogens is 1. The molecule has 2 aromatic rings. The van der Waals surface area contributed by atoms with E-state index in [0.29, 0.717) is 12.2 Å². The van der Waals surface area contributed by atoms with E-state index in [1.54, 1.807) is 6.07 Å². The van der Waals surface area contributed by atoms with Gasteiger partial charge in [-0.05, 0) is 44.2 Å². The van der Waals surface area contributed by atoms with Crippen molar-refractivity contribution in [3.05, 3.63) is 58.9 Å². The summed E-state index contributed by atoms with van der Waals surface area (Å²) in [4.78, 5) is 1.93. The van der Waals surface area contributed by atoms with Crippen LogP contribution in [-0.4, -0.2) is 14.1 Å². The van der Waals surface area contributed by atoms with E-state index in [1.165, 1.54) is 11.6 Å². The highest BCUT2D eigenvalue weighted by atomic mass is 19.1. The lowest BCUT2D eigenvalue weighted by molar-refractivity contribution is 0.623. The van der Waals surface area contributed by atoms with E-state index in [0.717, 1.165) is 16.8 Å². The van der Waals surface area contributed by atoms with Crippen molar-refractivity contribution in [3.63, 3.8) is 0 Å². The molecule has 0 aliphatic heterocycles. The number of nitrogens with one attached hydrogen (secondary N) is 1. The number of hydrogen-bond donors (Lipinski definition) is 1. The molecule has 2 nitrogen and oxygen atoms in total. The fraction of sp³-hybridized carbons (Fsp3) is 0.294. The van der Waals surface area contributed by atoms with Gasteiger partial charge in [0.15, 0.2) is 0 Å². The summed E-state index contributed by atoms with van der Waals surface area (Å²) >= 11 is 0. The molecular weight excluding hydrogens is 251 g/mol. The van der Waals surface area contributed by atoms with Crippen molar-refractivity contribution in [2.75, 3.05) is 19.0 Å². The molecule has 0 fully saturated rings. The van der Waals surface area contributed by atoms with Gasteiger partial charge in [0.1, 0.15) is 5.82 Å². The first-order valence-corrected chi connectivity index (χ1v) is 6.77. The lowest BCUT2D eigenvalue weighted by Crippen LogP contribution is -2.17. The zero-order chi connectivity index (χ0) is 14.7. The third kappa shape index (κ3) is 2.83. The fourth-order valence-electron chi connectivity index (χ4n) is 2.57. The standard InChI is InChI=1S/C17H21FN2/c1-12-8-9-16(13(2)10-12)20(4)17-14(11-19-3)6-5-7-15(17)18/h5-10,19H,11H2,1-4H3. The quantitative estimate of drug-likeness (QED) is 0.907. The molecule has 0 amide bonds. The van der Waals surface area contributed by atoms with Gasteiger partial charge in [0.05, 0.1) is 5.69 Å². The predicted molar refractivity (Wildman–Crippen MR) is 83.1 cm³/mol. The van der Waals surface area contributed by atoms with Crippen molar-refractivity contribution in [1.29, 1.82) is 0 Å². The SMILES string of the molecule is CNCc1cccc(F)c1N(C)c1ccc(C)cc1C. The second-order valence-electron chi connectivity index (χ2n) is 5.13. The van der Waals surface area contributed by atoms with Gasteiger partial charge in [-0.25, -0.2) is 4.39 Å². The van der Waals surface area contributed by atoms with E-state index in [1.807, 2.05) is 31.1 Å². The zero-order valence-electron chi connectivity index (χ0n) is 12.5. The molecule has 0 aliphatic rings. The molecule has 0 heterocycles. The number of anilines is 2. The van der Waals surface area contributed by atoms with Crippen molar-refractivity contribution in [1.82, 2.24) is 5.32 Å². The number of rotatable bonds is 4. The van der Waals surface area contributed by atoms with Crippen LogP contribution in [0.1, 0.15) is 16.7 Å². The molecule has 0 bridgehead atoms. The van der Waals surface area contributed by atoms with Crippen molar-refractivity contribution in [2.45, 2.75) is 20.4 Å².